The molecule has 0 amide bonds. The smallest absolute Gasteiger partial charge is 0.331 e. The summed E-state index contributed by atoms with van der Waals surface area (Å²) in [5.41, 5.74) is 0.955. The normalized spacial score (nSPS) is 9.38. The van der Waals surface area contributed by atoms with Crippen molar-refractivity contribution in [3.05, 3.63) is 34.0 Å². The molecular weight excluding hydrogens is 184 g/mol. The number of ether oxygens (including phenoxy) is 1. The molecule has 0 aliphatic rings. The highest BCUT2D eigenvalue weighted by molar-refractivity contribution is 7.09. The second-order valence-corrected chi connectivity index (χ2v) is 3.94. The van der Waals surface area contributed by atoms with Crippen LogP contribution in [-0.2, 0) is 16.1 Å². The number of carbonyl (C=O) groups excluding carboxylic acids is 1. The van der Waals surface area contributed by atoms with Gasteiger partial charge in [-0.3, -0.25) is 0 Å². The number of allylic oxidation sites excluding steroid dienone is 1. The van der Waals surface area contributed by atoms with Gasteiger partial charge in [0.1, 0.15) is 6.61 Å². The fraction of sp³-hybridized carbons (Fsp3) is 0.300. The maximum Gasteiger partial charge on any atom is 0.331 e. The molecule has 1 aromatic heterocycles. The lowest BCUT2D eigenvalue weighted by Gasteiger charge is -1.98. The standard InChI is InChI=1S/C10H12O2S/c1-8(2)6-10(11)12-7-9-4-3-5-13-9/h3-6H,7H2,1-2H3. The molecule has 0 atom stereocenters. The fourth-order valence-corrected chi connectivity index (χ4v) is 1.43. The quantitative estimate of drug-likeness (QED) is 0.549. The van der Waals surface area contributed by atoms with Gasteiger partial charge in [0.15, 0.2) is 0 Å². The Bertz CT molecular complexity index is 295. The van der Waals surface area contributed by atoms with Crippen LogP contribution in [0.1, 0.15) is 18.7 Å². The molecule has 2 nitrogen and oxygen atoms in total. The molecule has 0 aliphatic carbocycles. The van der Waals surface area contributed by atoms with Crippen LogP contribution in [0.15, 0.2) is 29.2 Å². The van der Waals surface area contributed by atoms with Crippen LogP contribution in [0.2, 0.25) is 0 Å². The van der Waals surface area contributed by atoms with Crippen molar-refractivity contribution in [1.82, 2.24) is 0 Å². The highest BCUT2D eigenvalue weighted by Gasteiger charge is 1.99. The molecule has 0 saturated carbocycles. The van der Waals surface area contributed by atoms with Gasteiger partial charge < -0.3 is 4.74 Å². The predicted octanol–water partition coefficient (Wildman–Crippen LogP) is 2.76. The van der Waals surface area contributed by atoms with E-state index in [2.05, 4.69) is 0 Å². The van der Waals surface area contributed by atoms with Crippen LogP contribution in [0, 0.1) is 0 Å². The third kappa shape index (κ3) is 3.90. The van der Waals surface area contributed by atoms with Crippen molar-refractivity contribution in [2.75, 3.05) is 0 Å². The Labute approximate surface area is 81.8 Å². The Hall–Kier alpha value is -1.09. The van der Waals surface area contributed by atoms with Gasteiger partial charge in [0, 0.05) is 11.0 Å². The van der Waals surface area contributed by atoms with Crippen molar-refractivity contribution < 1.29 is 9.53 Å². The number of hydrogen-bond donors (Lipinski definition) is 0. The highest BCUT2D eigenvalue weighted by atomic mass is 32.1. The number of carbonyl (C=O) groups is 1. The monoisotopic (exact) mass is 196 g/mol. The van der Waals surface area contributed by atoms with Crippen LogP contribution >= 0.6 is 11.3 Å². The molecule has 0 aliphatic heterocycles. The zero-order chi connectivity index (χ0) is 9.68. The van der Waals surface area contributed by atoms with E-state index in [0.717, 1.165) is 10.5 Å². The first-order chi connectivity index (χ1) is 6.18. The first-order valence-electron chi connectivity index (χ1n) is 4.02. The second-order valence-electron chi connectivity index (χ2n) is 2.91. The van der Waals surface area contributed by atoms with Crippen LogP contribution < -0.4 is 0 Å². The first-order valence-corrected chi connectivity index (χ1v) is 4.90. The molecule has 0 N–H and O–H groups in total. The summed E-state index contributed by atoms with van der Waals surface area (Å²) in [6, 6.07) is 3.88. The Kier molecular flexibility index (Phi) is 3.71. The van der Waals surface area contributed by atoms with Crippen LogP contribution in [-0.4, -0.2) is 5.97 Å². The molecule has 1 heterocycles. The number of esters is 1. The molecule has 0 unspecified atom stereocenters. The minimum Gasteiger partial charge on any atom is -0.457 e. The Balaban J connectivity index is 2.35. The van der Waals surface area contributed by atoms with E-state index in [4.69, 9.17) is 4.74 Å². The van der Waals surface area contributed by atoms with Crippen molar-refractivity contribution in [1.29, 1.82) is 0 Å². The van der Waals surface area contributed by atoms with Gasteiger partial charge in [-0.25, -0.2) is 4.79 Å². The van der Waals surface area contributed by atoms with E-state index in [0.29, 0.717) is 6.61 Å². The van der Waals surface area contributed by atoms with Crippen LogP contribution in [0.25, 0.3) is 0 Å². The summed E-state index contributed by atoms with van der Waals surface area (Å²) < 4.78 is 4.99. The van der Waals surface area contributed by atoms with E-state index in [-0.39, 0.29) is 5.97 Å². The average Bonchev–Trinajstić information content (AvgIpc) is 2.51. The van der Waals surface area contributed by atoms with Crippen molar-refractivity contribution >= 4 is 17.3 Å². The van der Waals surface area contributed by atoms with Crippen LogP contribution in [0.5, 0.6) is 0 Å². The number of rotatable bonds is 3. The molecule has 1 rings (SSSR count). The van der Waals surface area contributed by atoms with Crippen molar-refractivity contribution in [3.63, 3.8) is 0 Å². The molecule has 3 heteroatoms. The zero-order valence-corrected chi connectivity index (χ0v) is 8.56. The third-order valence-electron chi connectivity index (χ3n) is 1.34. The molecule has 0 saturated heterocycles. The van der Waals surface area contributed by atoms with Gasteiger partial charge in [0.05, 0.1) is 0 Å². The molecule has 70 valence electrons. The SMILES string of the molecule is CC(C)=CC(=O)OCc1cccs1. The minimum atomic E-state index is -0.270. The van der Waals surface area contributed by atoms with Gasteiger partial charge in [-0.1, -0.05) is 11.6 Å². The van der Waals surface area contributed by atoms with E-state index in [9.17, 15) is 4.79 Å². The van der Waals surface area contributed by atoms with Crippen molar-refractivity contribution in [2.24, 2.45) is 0 Å². The summed E-state index contributed by atoms with van der Waals surface area (Å²) in [7, 11) is 0. The zero-order valence-electron chi connectivity index (χ0n) is 7.74. The summed E-state index contributed by atoms with van der Waals surface area (Å²) in [6.45, 7) is 4.11. The summed E-state index contributed by atoms with van der Waals surface area (Å²) in [5.74, 6) is -0.270. The molecule has 1 aromatic rings. The number of hydrogen-bond acceptors (Lipinski definition) is 3. The van der Waals surface area contributed by atoms with Crippen molar-refractivity contribution in [3.8, 4) is 0 Å². The first kappa shape index (κ1) is 9.99. The summed E-state index contributed by atoms with van der Waals surface area (Å²) in [6.07, 6.45) is 1.49. The third-order valence-corrected chi connectivity index (χ3v) is 2.19. The summed E-state index contributed by atoms with van der Waals surface area (Å²) in [5, 5.41) is 1.96. The minimum absolute atomic E-state index is 0.270. The van der Waals surface area contributed by atoms with E-state index < -0.39 is 0 Å². The van der Waals surface area contributed by atoms with Crippen LogP contribution in [0.3, 0.4) is 0 Å². The largest absolute Gasteiger partial charge is 0.457 e. The number of thiophene rings is 1. The highest BCUT2D eigenvalue weighted by Crippen LogP contribution is 2.09. The van der Waals surface area contributed by atoms with E-state index in [1.807, 2.05) is 31.4 Å². The average molecular weight is 196 g/mol. The Morgan fingerprint density at radius 1 is 1.62 bits per heavy atom. The Morgan fingerprint density at radius 3 is 2.92 bits per heavy atom. The van der Waals surface area contributed by atoms with Gasteiger partial charge in [-0.2, -0.15) is 0 Å². The molecule has 0 bridgehead atoms. The molecule has 0 radical (unpaired) electrons. The van der Waals surface area contributed by atoms with Crippen molar-refractivity contribution in [2.45, 2.75) is 20.5 Å². The Morgan fingerprint density at radius 2 is 2.38 bits per heavy atom. The summed E-state index contributed by atoms with van der Waals surface area (Å²) in [4.78, 5) is 12.1. The molecule has 0 aromatic carbocycles. The molecular formula is C10H12O2S. The lowest BCUT2D eigenvalue weighted by Crippen LogP contribution is -1.99. The maximum absolute atomic E-state index is 11.1. The summed E-state index contributed by atoms with van der Waals surface area (Å²) >= 11 is 1.59. The fourth-order valence-electron chi connectivity index (χ4n) is 0.814. The van der Waals surface area contributed by atoms with Gasteiger partial charge in [-0.05, 0) is 25.3 Å². The van der Waals surface area contributed by atoms with Gasteiger partial charge in [-0.15, -0.1) is 11.3 Å². The van der Waals surface area contributed by atoms with E-state index in [1.165, 1.54) is 6.08 Å². The molecule has 13 heavy (non-hydrogen) atoms. The van der Waals surface area contributed by atoms with Gasteiger partial charge in [0.2, 0.25) is 0 Å². The van der Waals surface area contributed by atoms with E-state index in [1.54, 1.807) is 11.3 Å². The van der Waals surface area contributed by atoms with E-state index >= 15 is 0 Å². The van der Waals surface area contributed by atoms with Gasteiger partial charge in [0.25, 0.3) is 0 Å². The molecule has 0 spiro atoms. The lowest BCUT2D eigenvalue weighted by molar-refractivity contribution is -0.138. The second kappa shape index (κ2) is 4.82. The lowest BCUT2D eigenvalue weighted by atomic mass is 10.3. The predicted molar refractivity (Wildman–Crippen MR) is 53.5 cm³/mol. The maximum atomic E-state index is 11.1. The topological polar surface area (TPSA) is 26.3 Å². The van der Waals surface area contributed by atoms with Crippen LogP contribution in [0.4, 0.5) is 0 Å². The van der Waals surface area contributed by atoms with Gasteiger partial charge >= 0.3 is 5.97 Å². The molecule has 0 fully saturated rings.